The van der Waals surface area contributed by atoms with E-state index >= 15 is 0 Å². The number of benzene rings is 1. The molecule has 0 amide bonds. The van der Waals surface area contributed by atoms with E-state index in [0.29, 0.717) is 10.8 Å². The average Bonchev–Trinajstić information content (AvgIpc) is 2.79. The van der Waals surface area contributed by atoms with Gasteiger partial charge in [0.15, 0.2) is 0 Å². The number of halogens is 1. The van der Waals surface area contributed by atoms with Crippen LogP contribution in [-0.2, 0) is 7.05 Å². The van der Waals surface area contributed by atoms with E-state index in [1.807, 2.05) is 43.1 Å². The summed E-state index contributed by atoms with van der Waals surface area (Å²) in [5, 5.41) is 3.89. The van der Waals surface area contributed by atoms with Crippen LogP contribution in [-0.4, -0.2) is 23.7 Å². The molecule has 0 fully saturated rings. The van der Waals surface area contributed by atoms with Gasteiger partial charge in [0.05, 0.1) is 36.4 Å². The largest absolute Gasteiger partial charge is 0.495 e. The summed E-state index contributed by atoms with van der Waals surface area (Å²) in [6.45, 7) is 0. The third-order valence-electron chi connectivity index (χ3n) is 2.95. The monoisotopic (exact) mass is 265 g/mol. The molecule has 0 saturated heterocycles. The third kappa shape index (κ3) is 2.35. The Kier molecular flexibility index (Phi) is 3.89. The van der Waals surface area contributed by atoms with Crippen molar-refractivity contribution in [3.05, 3.63) is 47.0 Å². The van der Waals surface area contributed by atoms with Crippen LogP contribution in [0.4, 0.5) is 0 Å². The van der Waals surface area contributed by atoms with Crippen molar-refractivity contribution in [2.24, 2.45) is 7.05 Å². The fourth-order valence-corrected chi connectivity index (χ4v) is 2.18. The van der Waals surface area contributed by atoms with E-state index in [1.165, 1.54) is 0 Å². The molecule has 96 valence electrons. The lowest BCUT2D eigenvalue weighted by molar-refractivity contribution is 0.414. The molecule has 18 heavy (non-hydrogen) atoms. The minimum atomic E-state index is 0.0590. The zero-order chi connectivity index (χ0) is 13.1. The molecule has 1 unspecified atom stereocenters. The maximum Gasteiger partial charge on any atom is 0.137 e. The van der Waals surface area contributed by atoms with E-state index in [2.05, 4.69) is 10.3 Å². The number of hydrogen-bond donors (Lipinski definition) is 1. The van der Waals surface area contributed by atoms with Gasteiger partial charge in [-0.25, -0.2) is 4.98 Å². The maximum absolute atomic E-state index is 6.04. The molecule has 1 aromatic heterocycles. The van der Waals surface area contributed by atoms with E-state index in [1.54, 1.807) is 13.4 Å². The third-order valence-corrected chi connectivity index (χ3v) is 3.26. The summed E-state index contributed by atoms with van der Waals surface area (Å²) in [6.07, 6.45) is 3.63. The van der Waals surface area contributed by atoms with Gasteiger partial charge in [0.1, 0.15) is 5.75 Å². The number of nitrogens with one attached hydrogen (secondary N) is 1. The zero-order valence-electron chi connectivity index (χ0n) is 10.6. The quantitative estimate of drug-likeness (QED) is 0.923. The lowest BCUT2D eigenvalue weighted by atomic mass is 10.0. The molecule has 2 aromatic rings. The van der Waals surface area contributed by atoms with Crippen molar-refractivity contribution >= 4 is 11.6 Å². The summed E-state index contributed by atoms with van der Waals surface area (Å²) < 4.78 is 7.23. The molecule has 1 aromatic carbocycles. The highest BCUT2D eigenvalue weighted by Gasteiger charge is 2.16. The Morgan fingerprint density at radius 2 is 2.22 bits per heavy atom. The predicted octanol–water partition coefficient (Wildman–Crippen LogP) is 2.39. The molecule has 0 spiro atoms. The summed E-state index contributed by atoms with van der Waals surface area (Å²) in [4.78, 5) is 4.14. The minimum absolute atomic E-state index is 0.0590. The molecular weight excluding hydrogens is 250 g/mol. The Labute approximate surface area is 112 Å². The summed E-state index contributed by atoms with van der Waals surface area (Å²) in [5.41, 5.74) is 2.17. The molecule has 0 bridgehead atoms. The molecule has 4 nitrogen and oxygen atoms in total. The summed E-state index contributed by atoms with van der Waals surface area (Å²) in [6, 6.07) is 5.83. The number of aromatic nitrogens is 2. The predicted molar refractivity (Wildman–Crippen MR) is 72.1 cm³/mol. The second kappa shape index (κ2) is 5.42. The number of imidazole rings is 1. The Bertz CT molecular complexity index is 539. The first kappa shape index (κ1) is 12.9. The molecule has 0 aliphatic carbocycles. The maximum atomic E-state index is 6.04. The first-order valence-electron chi connectivity index (χ1n) is 5.64. The lowest BCUT2D eigenvalue weighted by Crippen LogP contribution is -2.20. The van der Waals surface area contributed by atoms with Crippen LogP contribution in [0.5, 0.6) is 5.75 Å². The fourth-order valence-electron chi connectivity index (χ4n) is 1.99. The van der Waals surface area contributed by atoms with Crippen LogP contribution in [0.15, 0.2) is 30.7 Å². The van der Waals surface area contributed by atoms with Crippen molar-refractivity contribution in [1.82, 2.24) is 14.9 Å². The Balaban J connectivity index is 2.42. The number of hydrogen-bond acceptors (Lipinski definition) is 3. The van der Waals surface area contributed by atoms with Crippen molar-refractivity contribution in [1.29, 1.82) is 0 Å². The number of methoxy groups -OCH3 is 1. The number of nitrogens with zero attached hydrogens (tertiary/aromatic N) is 2. The van der Waals surface area contributed by atoms with Crippen molar-refractivity contribution < 1.29 is 4.74 Å². The summed E-state index contributed by atoms with van der Waals surface area (Å²) in [5.74, 6) is 0.677. The Hall–Kier alpha value is -1.52. The highest BCUT2D eigenvalue weighted by molar-refractivity contribution is 6.32. The number of ether oxygens (including phenoxy) is 1. The van der Waals surface area contributed by atoms with Crippen LogP contribution >= 0.6 is 11.6 Å². The highest BCUT2D eigenvalue weighted by atomic mass is 35.5. The van der Waals surface area contributed by atoms with Crippen LogP contribution in [0.2, 0.25) is 5.02 Å². The standard InChI is InChI=1S/C13H16ClN3O/c1-15-13(11-7-16-8-17(11)2)9-4-5-10(14)12(6-9)18-3/h4-8,13,15H,1-3H3. The van der Waals surface area contributed by atoms with Gasteiger partial charge in [-0.05, 0) is 24.7 Å². The fraction of sp³-hybridized carbons (Fsp3) is 0.308. The van der Waals surface area contributed by atoms with Crippen molar-refractivity contribution in [2.75, 3.05) is 14.2 Å². The van der Waals surface area contributed by atoms with Gasteiger partial charge in [0.25, 0.3) is 0 Å². The normalized spacial score (nSPS) is 12.4. The molecule has 1 N–H and O–H groups in total. The zero-order valence-corrected chi connectivity index (χ0v) is 11.4. The van der Waals surface area contributed by atoms with Crippen LogP contribution in [0.25, 0.3) is 0 Å². The Morgan fingerprint density at radius 1 is 1.44 bits per heavy atom. The van der Waals surface area contributed by atoms with Crippen LogP contribution < -0.4 is 10.1 Å². The van der Waals surface area contributed by atoms with Gasteiger partial charge < -0.3 is 14.6 Å². The lowest BCUT2D eigenvalue weighted by Gasteiger charge is -2.18. The highest BCUT2D eigenvalue weighted by Crippen LogP contribution is 2.30. The van der Waals surface area contributed by atoms with E-state index < -0.39 is 0 Å². The summed E-state index contributed by atoms with van der Waals surface area (Å²) >= 11 is 6.04. The van der Waals surface area contributed by atoms with E-state index in [-0.39, 0.29) is 6.04 Å². The summed E-state index contributed by atoms with van der Waals surface area (Å²) in [7, 11) is 5.50. The van der Waals surface area contributed by atoms with Gasteiger partial charge >= 0.3 is 0 Å². The number of aryl methyl sites for hydroxylation is 1. The van der Waals surface area contributed by atoms with Crippen LogP contribution in [0.3, 0.4) is 0 Å². The molecule has 1 heterocycles. The van der Waals surface area contributed by atoms with Crippen LogP contribution in [0, 0.1) is 0 Å². The van der Waals surface area contributed by atoms with Gasteiger partial charge in [0, 0.05) is 7.05 Å². The van der Waals surface area contributed by atoms with Crippen LogP contribution in [0.1, 0.15) is 17.3 Å². The topological polar surface area (TPSA) is 39.1 Å². The Morgan fingerprint density at radius 3 is 2.78 bits per heavy atom. The van der Waals surface area contributed by atoms with Crippen molar-refractivity contribution in [3.63, 3.8) is 0 Å². The molecule has 5 heteroatoms. The second-order valence-electron chi connectivity index (χ2n) is 4.05. The molecule has 0 radical (unpaired) electrons. The minimum Gasteiger partial charge on any atom is -0.495 e. The van der Waals surface area contributed by atoms with Crippen molar-refractivity contribution in [3.8, 4) is 5.75 Å². The van der Waals surface area contributed by atoms with Gasteiger partial charge in [0.2, 0.25) is 0 Å². The van der Waals surface area contributed by atoms with Gasteiger partial charge in [-0.1, -0.05) is 17.7 Å². The molecular formula is C13H16ClN3O. The first-order valence-corrected chi connectivity index (χ1v) is 6.02. The average molecular weight is 266 g/mol. The van der Waals surface area contributed by atoms with E-state index in [9.17, 15) is 0 Å². The molecule has 0 aliphatic rings. The van der Waals surface area contributed by atoms with E-state index in [0.717, 1.165) is 11.3 Å². The SMILES string of the molecule is CNC(c1ccc(Cl)c(OC)c1)c1cncn1C. The molecule has 1 atom stereocenters. The van der Waals surface area contributed by atoms with Gasteiger partial charge in [-0.15, -0.1) is 0 Å². The number of rotatable bonds is 4. The molecule has 2 rings (SSSR count). The molecule has 0 aliphatic heterocycles. The smallest absolute Gasteiger partial charge is 0.137 e. The van der Waals surface area contributed by atoms with E-state index in [4.69, 9.17) is 16.3 Å². The first-order chi connectivity index (χ1) is 8.67. The van der Waals surface area contributed by atoms with Gasteiger partial charge in [-0.3, -0.25) is 0 Å². The van der Waals surface area contributed by atoms with Crippen molar-refractivity contribution in [2.45, 2.75) is 6.04 Å². The molecule has 0 saturated carbocycles. The second-order valence-corrected chi connectivity index (χ2v) is 4.45. The van der Waals surface area contributed by atoms with Gasteiger partial charge in [-0.2, -0.15) is 0 Å².